The van der Waals surface area contributed by atoms with Crippen LogP contribution in [-0.2, 0) is 6.61 Å². The van der Waals surface area contributed by atoms with Gasteiger partial charge in [0.05, 0.1) is 21.6 Å². The summed E-state index contributed by atoms with van der Waals surface area (Å²) >= 11 is 6.07. The van der Waals surface area contributed by atoms with E-state index in [4.69, 9.17) is 20.9 Å². The molecule has 23 heavy (non-hydrogen) atoms. The summed E-state index contributed by atoms with van der Waals surface area (Å²) in [7, 11) is 0. The van der Waals surface area contributed by atoms with E-state index in [1.807, 2.05) is 6.07 Å². The van der Waals surface area contributed by atoms with Crippen LogP contribution in [0.25, 0.3) is 11.5 Å². The van der Waals surface area contributed by atoms with Crippen molar-refractivity contribution in [3.05, 3.63) is 69.5 Å². The highest BCUT2D eigenvalue weighted by atomic mass is 35.5. The largest absolute Gasteiger partial charge is 0.485 e. The van der Waals surface area contributed by atoms with Gasteiger partial charge >= 0.3 is 0 Å². The number of halogens is 1. The van der Waals surface area contributed by atoms with Crippen LogP contribution in [0, 0.1) is 10.1 Å². The van der Waals surface area contributed by atoms with Gasteiger partial charge in [0.2, 0.25) is 5.82 Å². The predicted octanol–water partition coefficient (Wildman–Crippen LogP) is 3.88. The Labute approximate surface area is 135 Å². The zero-order valence-corrected chi connectivity index (χ0v) is 12.4. The Hall–Kier alpha value is -2.93. The van der Waals surface area contributed by atoms with Crippen molar-refractivity contribution in [3.63, 3.8) is 0 Å². The van der Waals surface area contributed by atoms with E-state index in [0.717, 1.165) is 0 Å². The number of aromatic nitrogens is 2. The minimum Gasteiger partial charge on any atom is -0.485 e. The van der Waals surface area contributed by atoms with E-state index in [9.17, 15) is 10.1 Å². The maximum absolute atomic E-state index is 10.7. The van der Waals surface area contributed by atoms with E-state index < -0.39 is 4.92 Å². The van der Waals surface area contributed by atoms with Crippen LogP contribution in [0.4, 0.5) is 5.69 Å². The third-order valence-electron chi connectivity index (χ3n) is 2.97. The third kappa shape index (κ3) is 3.46. The smallest absolute Gasteiger partial charge is 0.273 e. The number of benzene rings is 2. The summed E-state index contributed by atoms with van der Waals surface area (Å²) in [5, 5.41) is 15.0. The second-order valence-corrected chi connectivity index (χ2v) is 4.95. The molecule has 0 spiro atoms. The number of nitrogens with zero attached hydrogens (tertiary/aromatic N) is 3. The van der Waals surface area contributed by atoms with Crippen molar-refractivity contribution in [2.24, 2.45) is 0 Å². The molecule has 0 unspecified atom stereocenters. The summed E-state index contributed by atoms with van der Waals surface area (Å²) in [5.41, 5.74) is 0.579. The lowest BCUT2D eigenvalue weighted by Gasteiger charge is -2.02. The van der Waals surface area contributed by atoms with Crippen molar-refractivity contribution in [3.8, 4) is 17.2 Å². The molecule has 0 atom stereocenters. The monoisotopic (exact) mass is 331 g/mol. The third-order valence-corrected chi connectivity index (χ3v) is 3.30. The molecule has 1 aromatic heterocycles. The highest BCUT2D eigenvalue weighted by Gasteiger charge is 2.13. The molecule has 0 aliphatic heterocycles. The molecule has 0 fully saturated rings. The fourth-order valence-electron chi connectivity index (χ4n) is 1.89. The van der Waals surface area contributed by atoms with Crippen molar-refractivity contribution < 1.29 is 14.2 Å². The molecule has 0 saturated heterocycles. The number of nitro benzene ring substituents is 1. The second-order valence-electron chi connectivity index (χ2n) is 4.54. The van der Waals surface area contributed by atoms with Crippen LogP contribution in [0.5, 0.6) is 5.75 Å². The average molecular weight is 332 g/mol. The lowest BCUT2D eigenvalue weighted by Crippen LogP contribution is -1.98. The Morgan fingerprint density at radius 1 is 1.22 bits per heavy atom. The number of rotatable bonds is 5. The fraction of sp³-hybridized carbons (Fsp3) is 0.0667. The number of hydrogen-bond acceptors (Lipinski definition) is 6. The molecule has 7 nitrogen and oxygen atoms in total. The molecule has 0 N–H and O–H groups in total. The first-order valence-electron chi connectivity index (χ1n) is 6.58. The number of hydrogen-bond donors (Lipinski definition) is 0. The summed E-state index contributed by atoms with van der Waals surface area (Å²) in [5.74, 6) is 0.947. The highest BCUT2D eigenvalue weighted by Crippen LogP contribution is 2.26. The topological polar surface area (TPSA) is 91.3 Å². The van der Waals surface area contributed by atoms with Gasteiger partial charge in [-0.15, -0.1) is 0 Å². The van der Waals surface area contributed by atoms with Gasteiger partial charge in [-0.05, 0) is 18.2 Å². The second kappa shape index (κ2) is 6.45. The molecular formula is C15H10ClN3O4. The van der Waals surface area contributed by atoms with E-state index in [1.54, 1.807) is 30.3 Å². The van der Waals surface area contributed by atoms with Gasteiger partial charge in [0.25, 0.3) is 11.6 Å². The number of nitro groups is 1. The summed E-state index contributed by atoms with van der Waals surface area (Å²) in [4.78, 5) is 14.4. The normalized spacial score (nSPS) is 10.5. The first-order chi connectivity index (χ1) is 11.1. The Morgan fingerprint density at radius 3 is 2.83 bits per heavy atom. The molecular weight excluding hydrogens is 322 g/mol. The minimum atomic E-state index is -0.489. The van der Waals surface area contributed by atoms with Gasteiger partial charge < -0.3 is 9.26 Å². The molecule has 2 aromatic carbocycles. The highest BCUT2D eigenvalue weighted by molar-refractivity contribution is 6.33. The van der Waals surface area contributed by atoms with Crippen molar-refractivity contribution in [1.29, 1.82) is 0 Å². The molecule has 3 aromatic rings. The maximum Gasteiger partial charge on any atom is 0.273 e. The average Bonchev–Trinajstić information content (AvgIpc) is 3.02. The van der Waals surface area contributed by atoms with Crippen LogP contribution in [0.15, 0.2) is 53.1 Å². The first-order valence-corrected chi connectivity index (χ1v) is 6.96. The van der Waals surface area contributed by atoms with E-state index in [0.29, 0.717) is 22.2 Å². The summed E-state index contributed by atoms with van der Waals surface area (Å²) in [6.07, 6.45) is 0. The molecule has 0 bridgehead atoms. The van der Waals surface area contributed by atoms with E-state index in [2.05, 4.69) is 10.1 Å². The van der Waals surface area contributed by atoms with Crippen LogP contribution < -0.4 is 4.74 Å². The minimum absolute atomic E-state index is 0.0229. The molecule has 0 saturated carbocycles. The standard InChI is InChI=1S/C15H10ClN3O4/c16-13-7-2-1-6-12(13)15-17-14(18-23-15)9-22-11-5-3-4-10(8-11)19(20)21/h1-8H,9H2. The van der Waals surface area contributed by atoms with Crippen molar-refractivity contribution in [2.45, 2.75) is 6.61 Å². The molecule has 0 amide bonds. The molecule has 116 valence electrons. The molecule has 0 aliphatic rings. The molecule has 0 aliphatic carbocycles. The van der Waals surface area contributed by atoms with Gasteiger partial charge in [-0.1, -0.05) is 35.0 Å². The zero-order valence-electron chi connectivity index (χ0n) is 11.7. The van der Waals surface area contributed by atoms with Crippen molar-refractivity contribution in [1.82, 2.24) is 10.1 Å². The molecule has 1 heterocycles. The van der Waals surface area contributed by atoms with E-state index in [-0.39, 0.29) is 18.2 Å². The van der Waals surface area contributed by atoms with Gasteiger partial charge in [-0.2, -0.15) is 4.98 Å². The van der Waals surface area contributed by atoms with E-state index in [1.165, 1.54) is 12.1 Å². The van der Waals surface area contributed by atoms with Crippen LogP contribution in [0.2, 0.25) is 5.02 Å². The SMILES string of the molecule is O=[N+]([O-])c1cccc(OCc2noc(-c3ccccc3Cl)n2)c1. The maximum atomic E-state index is 10.7. The quantitative estimate of drug-likeness (QED) is 0.520. The van der Waals surface area contributed by atoms with Gasteiger partial charge in [0.15, 0.2) is 6.61 Å². The summed E-state index contributed by atoms with van der Waals surface area (Å²) < 4.78 is 10.6. The lowest BCUT2D eigenvalue weighted by atomic mass is 10.2. The van der Waals surface area contributed by atoms with Crippen LogP contribution in [0.3, 0.4) is 0 Å². The first kappa shape index (κ1) is 15.0. The van der Waals surface area contributed by atoms with Gasteiger partial charge in [0.1, 0.15) is 5.75 Å². The van der Waals surface area contributed by atoms with Gasteiger partial charge in [-0.25, -0.2) is 0 Å². The lowest BCUT2D eigenvalue weighted by molar-refractivity contribution is -0.384. The Balaban J connectivity index is 1.72. The van der Waals surface area contributed by atoms with Gasteiger partial charge in [-0.3, -0.25) is 10.1 Å². The number of non-ortho nitro benzene ring substituents is 1. The Morgan fingerprint density at radius 2 is 2.04 bits per heavy atom. The molecule has 3 rings (SSSR count). The van der Waals surface area contributed by atoms with Crippen LogP contribution in [-0.4, -0.2) is 15.1 Å². The summed E-state index contributed by atoms with van der Waals surface area (Å²) in [6.45, 7) is 0.0229. The van der Waals surface area contributed by atoms with Gasteiger partial charge in [0, 0.05) is 6.07 Å². The number of ether oxygens (including phenoxy) is 1. The molecule has 8 heteroatoms. The Kier molecular flexibility index (Phi) is 4.20. The molecule has 0 radical (unpaired) electrons. The van der Waals surface area contributed by atoms with E-state index >= 15 is 0 Å². The predicted molar refractivity (Wildman–Crippen MR) is 82.2 cm³/mol. The van der Waals surface area contributed by atoms with Crippen molar-refractivity contribution in [2.75, 3.05) is 0 Å². The summed E-state index contributed by atoms with van der Waals surface area (Å²) in [6, 6.07) is 13.0. The van der Waals surface area contributed by atoms with Crippen LogP contribution >= 0.6 is 11.6 Å². The van der Waals surface area contributed by atoms with Crippen molar-refractivity contribution >= 4 is 17.3 Å². The zero-order chi connectivity index (χ0) is 16.2. The Bertz CT molecular complexity index is 850. The van der Waals surface area contributed by atoms with Crippen LogP contribution in [0.1, 0.15) is 5.82 Å². The fourth-order valence-corrected chi connectivity index (χ4v) is 2.11.